The third-order valence-corrected chi connectivity index (χ3v) is 3.64. The third kappa shape index (κ3) is 6.20. The predicted octanol–water partition coefficient (Wildman–Crippen LogP) is 3.03. The van der Waals surface area contributed by atoms with E-state index < -0.39 is 6.10 Å². The van der Waals surface area contributed by atoms with Crippen LogP contribution in [-0.4, -0.2) is 46.6 Å². The zero-order valence-corrected chi connectivity index (χ0v) is 14.7. The van der Waals surface area contributed by atoms with Gasteiger partial charge in [0.15, 0.2) is 6.10 Å². The van der Waals surface area contributed by atoms with Crippen molar-refractivity contribution in [3.8, 4) is 5.75 Å². The second kappa shape index (κ2) is 10.2. The molecule has 0 fully saturated rings. The lowest BCUT2D eigenvalue weighted by molar-refractivity contribution is -0.154. The highest BCUT2D eigenvalue weighted by atomic mass is 16.6. The lowest BCUT2D eigenvalue weighted by Crippen LogP contribution is -2.32. The average Bonchev–Trinajstić information content (AvgIpc) is 2.55. The Morgan fingerprint density at radius 1 is 1.04 bits per heavy atom. The van der Waals surface area contributed by atoms with E-state index in [9.17, 15) is 4.79 Å². The number of hydrogen-bond donors (Lipinski definition) is 0. The number of ether oxygens (including phenoxy) is 4. The Hall–Kier alpha value is -1.59. The molecule has 1 aromatic rings. The van der Waals surface area contributed by atoms with E-state index >= 15 is 0 Å². The highest BCUT2D eigenvalue weighted by Gasteiger charge is 2.31. The maximum Gasteiger partial charge on any atom is 0.335 e. The highest BCUT2D eigenvalue weighted by Crippen LogP contribution is 2.30. The summed E-state index contributed by atoms with van der Waals surface area (Å²) in [6, 6.07) is 7.76. The van der Waals surface area contributed by atoms with Gasteiger partial charge in [0.05, 0.1) is 13.7 Å². The number of rotatable bonds is 10. The first-order valence-corrected chi connectivity index (χ1v) is 7.85. The lowest BCUT2D eigenvalue weighted by Gasteiger charge is -2.26. The molecule has 0 radical (unpaired) electrons. The van der Waals surface area contributed by atoms with E-state index in [0.29, 0.717) is 19.1 Å². The van der Waals surface area contributed by atoms with Crippen LogP contribution in [0, 0.1) is 5.92 Å². The molecule has 0 aliphatic rings. The number of benzene rings is 1. The van der Waals surface area contributed by atoms with E-state index in [1.807, 2.05) is 24.3 Å². The summed E-state index contributed by atoms with van der Waals surface area (Å²) in [6.45, 7) is 5.30. The van der Waals surface area contributed by atoms with Gasteiger partial charge in [-0.05, 0) is 30.0 Å². The summed E-state index contributed by atoms with van der Waals surface area (Å²) in [4.78, 5) is 12.0. The van der Waals surface area contributed by atoms with E-state index in [1.165, 1.54) is 14.2 Å². The predicted molar refractivity (Wildman–Crippen MR) is 88.8 cm³/mol. The smallest absolute Gasteiger partial charge is 0.335 e. The molecule has 5 heteroatoms. The van der Waals surface area contributed by atoms with Gasteiger partial charge < -0.3 is 18.9 Å². The number of esters is 1. The van der Waals surface area contributed by atoms with Crippen LogP contribution in [0.15, 0.2) is 24.3 Å². The van der Waals surface area contributed by atoms with Gasteiger partial charge in [0.1, 0.15) is 12.4 Å². The molecule has 0 heterocycles. The third-order valence-electron chi connectivity index (χ3n) is 3.64. The first-order valence-electron chi connectivity index (χ1n) is 7.85. The van der Waals surface area contributed by atoms with E-state index in [2.05, 4.69) is 13.8 Å². The summed E-state index contributed by atoms with van der Waals surface area (Å²) in [6.07, 6.45) is 0.222. The minimum Gasteiger partial charge on any atom is -0.491 e. The zero-order valence-electron chi connectivity index (χ0n) is 14.7. The molecule has 0 amide bonds. The molecule has 0 saturated carbocycles. The van der Waals surface area contributed by atoms with Gasteiger partial charge in [-0.3, -0.25) is 0 Å². The Labute approximate surface area is 138 Å². The number of methoxy groups -OCH3 is 3. The summed E-state index contributed by atoms with van der Waals surface area (Å²) in [5.74, 6) is 0.806. The molecule has 2 unspecified atom stereocenters. The first-order chi connectivity index (χ1) is 11.0. The van der Waals surface area contributed by atoms with Crippen molar-refractivity contribution >= 4 is 5.97 Å². The van der Waals surface area contributed by atoms with Crippen molar-refractivity contribution in [3.05, 3.63) is 29.8 Å². The van der Waals surface area contributed by atoms with Gasteiger partial charge in [0, 0.05) is 20.1 Å². The molecule has 0 N–H and O–H groups in total. The van der Waals surface area contributed by atoms with Crippen LogP contribution in [0.4, 0.5) is 0 Å². The molecular weight excluding hydrogens is 296 g/mol. The molecule has 23 heavy (non-hydrogen) atoms. The normalized spacial score (nSPS) is 13.7. The molecule has 5 nitrogen and oxygen atoms in total. The van der Waals surface area contributed by atoms with Crippen molar-refractivity contribution in [3.63, 3.8) is 0 Å². The van der Waals surface area contributed by atoms with Crippen molar-refractivity contribution < 1.29 is 23.7 Å². The fourth-order valence-electron chi connectivity index (χ4n) is 2.54. The van der Waals surface area contributed by atoms with Gasteiger partial charge in [-0.15, -0.1) is 0 Å². The van der Waals surface area contributed by atoms with Crippen molar-refractivity contribution in [1.82, 2.24) is 0 Å². The maximum atomic E-state index is 12.0. The van der Waals surface area contributed by atoms with Crippen molar-refractivity contribution in [2.75, 3.05) is 34.5 Å². The highest BCUT2D eigenvalue weighted by molar-refractivity contribution is 5.76. The van der Waals surface area contributed by atoms with Crippen LogP contribution < -0.4 is 4.74 Å². The van der Waals surface area contributed by atoms with Gasteiger partial charge in [-0.1, -0.05) is 26.0 Å². The fraction of sp³-hybridized carbons (Fsp3) is 0.611. The SMILES string of the molecule is COCCOc1ccc(C(CC(C)C)C(OC)C(=O)OC)cc1. The topological polar surface area (TPSA) is 54.0 Å². The van der Waals surface area contributed by atoms with Gasteiger partial charge in [-0.2, -0.15) is 0 Å². The van der Waals surface area contributed by atoms with Crippen LogP contribution in [0.25, 0.3) is 0 Å². The first kappa shape index (κ1) is 19.5. The van der Waals surface area contributed by atoms with Gasteiger partial charge in [-0.25, -0.2) is 4.79 Å². The van der Waals surface area contributed by atoms with Crippen LogP contribution in [0.2, 0.25) is 0 Å². The quantitative estimate of drug-likeness (QED) is 0.489. The molecule has 1 aromatic carbocycles. The molecule has 0 aromatic heterocycles. The Kier molecular flexibility index (Phi) is 8.66. The Balaban J connectivity index is 2.91. The van der Waals surface area contributed by atoms with E-state index in [-0.39, 0.29) is 11.9 Å². The lowest BCUT2D eigenvalue weighted by atomic mass is 9.85. The summed E-state index contributed by atoms with van der Waals surface area (Å²) in [5.41, 5.74) is 1.04. The van der Waals surface area contributed by atoms with Crippen LogP contribution >= 0.6 is 0 Å². The maximum absolute atomic E-state index is 12.0. The second-order valence-electron chi connectivity index (χ2n) is 5.83. The monoisotopic (exact) mass is 324 g/mol. The van der Waals surface area contributed by atoms with Crippen LogP contribution in [-0.2, 0) is 19.0 Å². The standard InChI is InChI=1S/C18H28O5/c1-13(2)12-16(17(21-4)18(19)22-5)14-6-8-15(9-7-14)23-11-10-20-3/h6-9,13,16-17H,10-12H2,1-5H3. The molecule has 0 bridgehead atoms. The largest absolute Gasteiger partial charge is 0.491 e. The Morgan fingerprint density at radius 2 is 1.70 bits per heavy atom. The molecule has 1 rings (SSSR count). The minimum atomic E-state index is -0.609. The Morgan fingerprint density at radius 3 is 2.17 bits per heavy atom. The summed E-state index contributed by atoms with van der Waals surface area (Å²) in [7, 11) is 4.56. The molecule has 130 valence electrons. The van der Waals surface area contributed by atoms with Crippen LogP contribution in [0.1, 0.15) is 31.7 Å². The zero-order chi connectivity index (χ0) is 17.2. The Bertz CT molecular complexity index is 455. The fourth-order valence-corrected chi connectivity index (χ4v) is 2.54. The van der Waals surface area contributed by atoms with Crippen LogP contribution in [0.5, 0.6) is 5.75 Å². The van der Waals surface area contributed by atoms with E-state index in [1.54, 1.807) is 7.11 Å². The van der Waals surface area contributed by atoms with E-state index in [0.717, 1.165) is 17.7 Å². The summed E-state index contributed by atoms with van der Waals surface area (Å²) < 4.78 is 20.8. The number of hydrogen-bond acceptors (Lipinski definition) is 5. The van der Waals surface area contributed by atoms with Gasteiger partial charge in [0.2, 0.25) is 0 Å². The summed E-state index contributed by atoms with van der Waals surface area (Å²) in [5, 5.41) is 0. The molecule has 0 aliphatic carbocycles. The second-order valence-corrected chi connectivity index (χ2v) is 5.83. The number of carbonyl (C=O) groups is 1. The molecule has 0 saturated heterocycles. The molecule has 2 atom stereocenters. The minimum absolute atomic E-state index is 0.0551. The van der Waals surface area contributed by atoms with Crippen LogP contribution in [0.3, 0.4) is 0 Å². The summed E-state index contributed by atoms with van der Waals surface area (Å²) >= 11 is 0. The molecule has 0 spiro atoms. The van der Waals surface area contributed by atoms with Gasteiger partial charge >= 0.3 is 5.97 Å². The van der Waals surface area contributed by atoms with E-state index in [4.69, 9.17) is 18.9 Å². The van der Waals surface area contributed by atoms with Crippen molar-refractivity contribution in [1.29, 1.82) is 0 Å². The van der Waals surface area contributed by atoms with Gasteiger partial charge in [0.25, 0.3) is 0 Å². The average molecular weight is 324 g/mol. The molecule has 0 aliphatic heterocycles. The van der Waals surface area contributed by atoms with Crippen molar-refractivity contribution in [2.24, 2.45) is 5.92 Å². The van der Waals surface area contributed by atoms with Crippen molar-refractivity contribution in [2.45, 2.75) is 32.3 Å². The number of carbonyl (C=O) groups excluding carboxylic acids is 1. The molecular formula is C18H28O5.